The summed E-state index contributed by atoms with van der Waals surface area (Å²) in [5, 5.41) is 51.9. The molecule has 18 rings (SSSR count). The van der Waals surface area contributed by atoms with E-state index in [1.165, 1.54) is 37.8 Å². The monoisotopic (exact) mass is 2790 g/mol. The van der Waals surface area contributed by atoms with Crippen LogP contribution in [0.3, 0.4) is 0 Å². The molecule has 1 radical (unpaired) electrons. The van der Waals surface area contributed by atoms with E-state index in [1.54, 1.807) is 115 Å². The second-order valence-corrected chi connectivity index (χ2v) is 31.9. The van der Waals surface area contributed by atoms with E-state index in [-0.39, 0.29) is 77.4 Å². The summed E-state index contributed by atoms with van der Waals surface area (Å²) in [6.45, 7) is 17.1. The van der Waals surface area contributed by atoms with Crippen LogP contribution >= 0.6 is 33.0 Å². The Bertz CT molecular complexity index is 6020. The SMILES string of the molecule is CC(=O)C=C(C)O.Cn1cnc(-c2[c-]c(-c3cn(C)cn3)ccc2)c1.F[P-](F)(F)(F)(F)F.F[P-](F)(F)(F)(F)F.F[P-](F)(F)(F)(F)F.Fc1c[c-]c(-c2ccccn2)c(F)c1.[C-]#N.[C-]#N.[C-]#N.[Cl][Ir+2].[Ir+3].[Ir+3].[Ir].[c-]1ccccc1-c1ccccn1.[c-]1ccccc1-c1ccccn1.c1cc(-n2cccn2)nc(-n2cccn2)c1.c1cc(-n2cccn2)nc(-n2cccn2)c1.c1cc(-n2cccn2)nc(-n2cccn2)c1. The first kappa shape index (κ1) is 127. The Morgan fingerprint density at radius 2 is 0.622 bits per heavy atom. The standard InChI is InChI=1S/C14H13N4.C11H6F2N.3C11H9N5.2C11H8N.C5H8O2.3CN.ClH.3F6P.4Ir/c1-17-7-13(15-9-17)11-4-3-5-12(6-11)14-8-18(2)10-16-14;12-8-4-5-9(10(13)7-8)11-3-1-2-6-14-11;3*1-4-10(15-8-2-6-12-15)14-11(5-1)16-9-3-7-13-16;2*1-2-6-10(7-3-1)11-8-4-5-9-12-11;1-4(6)3-5(2)7;3*1-2;;3*1-7(2,3,4,5)6;;;;/h3-5,7-10H,1-2H3;1-4,6-7H;3*1-9H;2*1-6,8-9H;3,6H,1-2H3;;;;1H;;;;;;;/q2*-1;;;;2*-1;;3*-1;;3*-1;;3*+3/p-1. The van der Waals surface area contributed by atoms with Crippen molar-refractivity contribution in [1.29, 1.82) is 15.8 Å². The molecule has 0 unspecified atom stereocenters. The molecule has 0 spiro atoms. The molecule has 14 aromatic heterocycles. The zero-order valence-corrected chi connectivity index (χ0v) is 86.1. The predicted octanol–water partition coefficient (Wildman–Crippen LogP) is 26.7. The number of ketones is 1. The van der Waals surface area contributed by atoms with Crippen molar-refractivity contribution in [3.05, 3.63) is 410 Å². The van der Waals surface area contributed by atoms with Crippen molar-refractivity contribution >= 4 is 38.8 Å². The second-order valence-electron chi connectivity index (χ2n) is 26.1. The van der Waals surface area contributed by atoms with Crippen LogP contribution in [0, 0.1) is 71.4 Å². The van der Waals surface area contributed by atoms with E-state index in [0.717, 1.165) is 92.1 Å². The Morgan fingerprint density at radius 1 is 0.364 bits per heavy atom. The maximum Gasteiger partial charge on any atom is 3.00 e. The molecule has 143 heavy (non-hydrogen) atoms. The molecule has 0 aliphatic heterocycles. The van der Waals surface area contributed by atoms with Gasteiger partial charge in [-0.3, -0.25) is 23.5 Å². The van der Waals surface area contributed by atoms with Gasteiger partial charge in [0.1, 0.15) is 0 Å². The molecule has 4 aromatic carbocycles. The number of imidazole rings is 2. The molecule has 0 aliphatic carbocycles. The third-order valence-corrected chi connectivity index (χ3v) is 14.8. The number of benzene rings is 4. The van der Waals surface area contributed by atoms with Gasteiger partial charge in [0.2, 0.25) is 0 Å². The quantitative estimate of drug-likeness (QED) is 0.0390. The molecule has 14 heterocycles. The van der Waals surface area contributed by atoms with Crippen LogP contribution in [-0.4, -0.2) is 119 Å². The van der Waals surface area contributed by atoms with Crippen LogP contribution in [0.5, 0.6) is 0 Å². The van der Waals surface area contributed by atoms with Crippen LogP contribution in [0.25, 0.3) is 91.2 Å². The number of rotatable bonds is 12. The van der Waals surface area contributed by atoms with E-state index in [4.69, 9.17) is 40.6 Å². The molecule has 0 fully saturated rings. The minimum absolute atomic E-state index is 0. The number of carbonyl (C=O) groups excluding carboxylic acids is 1. The van der Waals surface area contributed by atoms with Crippen molar-refractivity contribution < 1.29 is 172 Å². The Morgan fingerprint density at radius 3 is 0.825 bits per heavy atom. The fourth-order valence-corrected chi connectivity index (χ4v) is 9.90. The molecule has 0 bridgehead atoms. The van der Waals surface area contributed by atoms with Crippen LogP contribution < -0.4 is 0 Å². The molecule has 55 heteroatoms. The van der Waals surface area contributed by atoms with E-state index in [0.29, 0.717) is 5.69 Å². The third-order valence-electron chi connectivity index (χ3n) is 14.8. The first-order chi connectivity index (χ1) is 65.7. The van der Waals surface area contributed by atoms with Crippen LogP contribution in [0.1, 0.15) is 13.8 Å². The van der Waals surface area contributed by atoms with Crippen LogP contribution in [0.4, 0.5) is 84.3 Å². The third kappa shape index (κ3) is 58.0. The maximum absolute atomic E-state index is 13.2. The summed E-state index contributed by atoms with van der Waals surface area (Å²) >= 11 is 1.47. The first-order valence-electron chi connectivity index (χ1n) is 38.0. The van der Waals surface area contributed by atoms with Crippen LogP contribution in [0.15, 0.2) is 354 Å². The van der Waals surface area contributed by atoms with Gasteiger partial charge in [-0.25, -0.2) is 43.0 Å². The minimum atomic E-state index is -10.7. The van der Waals surface area contributed by atoms with Gasteiger partial charge in [-0.05, 0) is 134 Å². The summed E-state index contributed by atoms with van der Waals surface area (Å²) in [6, 6.07) is 80.9. The van der Waals surface area contributed by atoms with E-state index in [2.05, 4.69) is 104 Å². The van der Waals surface area contributed by atoms with Crippen molar-refractivity contribution in [3.63, 3.8) is 0 Å². The number of pyridine rings is 6. The molecule has 0 aliphatic rings. The first-order valence-corrected chi connectivity index (χ1v) is 47.1. The average molecular weight is 2790 g/mol. The van der Waals surface area contributed by atoms with E-state index in [9.17, 15) is 89.1 Å². The molecule has 0 amide bonds. The molecule has 27 nitrogen and oxygen atoms in total. The van der Waals surface area contributed by atoms with Gasteiger partial charge in [-0.1, -0.05) is 77.4 Å². The van der Waals surface area contributed by atoms with Crippen LogP contribution in [-0.2, 0) is 97.1 Å². The van der Waals surface area contributed by atoms with Crippen molar-refractivity contribution in [2.24, 2.45) is 14.1 Å². The number of nitrogens with zero attached hydrogens (tertiary/aromatic N) is 25. The van der Waals surface area contributed by atoms with Gasteiger partial charge in [0.05, 0.1) is 18.4 Å². The van der Waals surface area contributed by atoms with Crippen LogP contribution in [0.2, 0.25) is 0 Å². The molecule has 1 N–H and O–H groups in total. The van der Waals surface area contributed by atoms with E-state index in [1.807, 2.05) is 267 Å². The maximum atomic E-state index is 13.2. The summed E-state index contributed by atoms with van der Waals surface area (Å²) in [7, 11) is -23.4. The molecule has 0 saturated heterocycles. The van der Waals surface area contributed by atoms with Gasteiger partial charge in [0.25, 0.3) is 0 Å². The van der Waals surface area contributed by atoms with Crippen molar-refractivity contribution in [3.8, 4) is 91.2 Å². The minimum Gasteiger partial charge on any atom is -0.305 e. The van der Waals surface area contributed by atoms with Crippen molar-refractivity contribution in [2.45, 2.75) is 13.8 Å². The molecule has 0 saturated carbocycles. The molecular formula is C88H70ClF20Ir4N25O2P3-2. The zero-order chi connectivity index (χ0) is 104. The smallest absolute Gasteiger partial charge is 0.305 e. The van der Waals surface area contributed by atoms with Gasteiger partial charge in [-0.2, -0.15) is 30.6 Å². The summed E-state index contributed by atoms with van der Waals surface area (Å²) in [5.41, 5.74) is 8.48. The second kappa shape index (κ2) is 57.1. The Labute approximate surface area is 857 Å². The molecular weight excluding hydrogens is 2720 g/mol. The number of aliphatic hydroxyl groups is 1. The Balaban J connectivity index is 0.000000790. The summed E-state index contributed by atoms with van der Waals surface area (Å²) in [4.78, 5) is 44.4. The largest absolute Gasteiger partial charge is 3.00 e. The fraction of sp³-hybridized carbons (Fsp3) is 0.0455. The topological polar surface area (TPSA) is 329 Å². The molecule has 0 atom stereocenters. The van der Waals surface area contributed by atoms with E-state index >= 15 is 0 Å². The van der Waals surface area contributed by atoms with Gasteiger partial charge >= 0.3 is 167 Å². The number of hydrogen-bond acceptors (Lipinski definition) is 19. The zero-order valence-electron chi connectivity index (χ0n) is 73.1. The molecule has 759 valence electrons. The fourth-order valence-electron chi connectivity index (χ4n) is 9.90. The van der Waals surface area contributed by atoms with E-state index < -0.39 is 35.1 Å². The Hall–Kier alpha value is -14.1. The summed E-state index contributed by atoms with van der Waals surface area (Å²) in [5.74, 6) is 3.31. The number of allylic oxidation sites excluding steroid dienone is 2. The number of aryl methyl sites for hydroxylation is 2. The van der Waals surface area contributed by atoms with Gasteiger partial charge in [0, 0.05) is 156 Å². The number of hydrogen-bond donors (Lipinski definition) is 1. The summed E-state index contributed by atoms with van der Waals surface area (Å²) in [6.07, 6.45) is 35.3. The van der Waals surface area contributed by atoms with Gasteiger partial charge in [0.15, 0.2) is 40.7 Å². The number of aromatic nitrogens is 22. The van der Waals surface area contributed by atoms with Crippen molar-refractivity contribution in [1.82, 2.24) is 108 Å². The summed E-state index contributed by atoms with van der Waals surface area (Å²) < 4.78 is 218. The van der Waals surface area contributed by atoms with Crippen molar-refractivity contribution in [2.75, 3.05) is 0 Å². The Kier molecular flexibility index (Phi) is 50.7. The molecule has 18 aromatic rings. The number of aliphatic hydroxyl groups excluding tert-OH is 1. The van der Waals surface area contributed by atoms with Gasteiger partial charge in [-0.15, -0.1) is 108 Å². The average Bonchev–Trinajstić information content (AvgIpc) is 1.24. The number of carbonyl (C=O) groups is 1. The number of halogens is 21. The predicted molar refractivity (Wildman–Crippen MR) is 479 cm³/mol. The normalized spacial score (nSPS) is 11.5. The van der Waals surface area contributed by atoms with Gasteiger partial charge < -0.3 is 64.7 Å².